The Kier molecular flexibility index (Phi) is 4.25. The molecule has 0 atom stereocenters. The summed E-state index contributed by atoms with van der Waals surface area (Å²) in [5.41, 5.74) is 8.38. The number of carboxylic acid groups (broad SMARTS) is 1. The van der Waals surface area contributed by atoms with E-state index in [0.29, 0.717) is 12.2 Å². The Labute approximate surface area is 118 Å². The smallest absolute Gasteiger partial charge is 0.337 e. The summed E-state index contributed by atoms with van der Waals surface area (Å²) >= 11 is 0. The van der Waals surface area contributed by atoms with E-state index in [9.17, 15) is 4.79 Å². The zero-order chi connectivity index (χ0) is 14.5. The van der Waals surface area contributed by atoms with E-state index in [-0.39, 0.29) is 5.56 Å². The van der Waals surface area contributed by atoms with Crippen molar-refractivity contribution in [2.75, 3.05) is 17.2 Å². The average molecular weight is 270 g/mol. The highest BCUT2D eigenvalue weighted by Crippen LogP contribution is 2.27. The van der Waals surface area contributed by atoms with Gasteiger partial charge in [-0.25, -0.2) is 4.79 Å². The lowest BCUT2D eigenvalue weighted by atomic mass is 10.1. The van der Waals surface area contributed by atoms with Crippen molar-refractivity contribution in [2.45, 2.75) is 13.5 Å². The lowest BCUT2D eigenvalue weighted by Crippen LogP contribution is -2.23. The van der Waals surface area contributed by atoms with Gasteiger partial charge in [0, 0.05) is 13.1 Å². The topological polar surface area (TPSA) is 66.6 Å². The molecular formula is C16H18N2O2. The zero-order valence-electron chi connectivity index (χ0n) is 11.4. The van der Waals surface area contributed by atoms with Gasteiger partial charge in [0.2, 0.25) is 0 Å². The number of nitrogens with zero attached hydrogens (tertiary/aromatic N) is 1. The highest BCUT2D eigenvalue weighted by atomic mass is 16.4. The summed E-state index contributed by atoms with van der Waals surface area (Å²) in [6.07, 6.45) is 0. The van der Waals surface area contributed by atoms with Crippen LogP contribution in [-0.4, -0.2) is 17.6 Å². The molecule has 0 saturated heterocycles. The largest absolute Gasteiger partial charge is 0.478 e. The Morgan fingerprint density at radius 3 is 2.45 bits per heavy atom. The number of anilines is 2. The summed E-state index contributed by atoms with van der Waals surface area (Å²) in [5.74, 6) is -1.000. The minimum Gasteiger partial charge on any atom is -0.478 e. The summed E-state index contributed by atoms with van der Waals surface area (Å²) in [6, 6.07) is 15.1. The minimum atomic E-state index is -1.000. The molecule has 2 rings (SSSR count). The number of rotatable bonds is 5. The Bertz CT molecular complexity index is 597. The van der Waals surface area contributed by atoms with Crippen LogP contribution in [-0.2, 0) is 6.54 Å². The Morgan fingerprint density at radius 2 is 1.85 bits per heavy atom. The Balaban J connectivity index is 2.33. The molecule has 0 spiro atoms. The van der Waals surface area contributed by atoms with Crippen molar-refractivity contribution < 1.29 is 9.90 Å². The number of aromatic carboxylic acids is 1. The summed E-state index contributed by atoms with van der Waals surface area (Å²) in [7, 11) is 0. The van der Waals surface area contributed by atoms with Crippen LogP contribution >= 0.6 is 0 Å². The molecule has 4 nitrogen and oxygen atoms in total. The van der Waals surface area contributed by atoms with Gasteiger partial charge in [-0.15, -0.1) is 0 Å². The fourth-order valence-corrected chi connectivity index (χ4v) is 2.19. The van der Waals surface area contributed by atoms with Gasteiger partial charge in [0.15, 0.2) is 0 Å². The third-order valence-electron chi connectivity index (χ3n) is 3.25. The molecule has 0 saturated carbocycles. The molecule has 104 valence electrons. The van der Waals surface area contributed by atoms with Gasteiger partial charge in [-0.3, -0.25) is 0 Å². The van der Waals surface area contributed by atoms with Gasteiger partial charge in [0.05, 0.1) is 16.9 Å². The molecule has 3 N–H and O–H groups in total. The number of carboxylic acids is 1. The summed E-state index contributed by atoms with van der Waals surface area (Å²) < 4.78 is 0. The molecule has 0 aromatic heterocycles. The summed E-state index contributed by atoms with van der Waals surface area (Å²) in [4.78, 5) is 13.2. The zero-order valence-corrected chi connectivity index (χ0v) is 11.4. The molecule has 0 aliphatic rings. The van der Waals surface area contributed by atoms with Crippen LogP contribution in [0.2, 0.25) is 0 Å². The fourth-order valence-electron chi connectivity index (χ4n) is 2.19. The monoisotopic (exact) mass is 270 g/mol. The number of nitrogens with two attached hydrogens (primary N) is 1. The van der Waals surface area contributed by atoms with Gasteiger partial charge in [0.1, 0.15) is 0 Å². The quantitative estimate of drug-likeness (QED) is 0.820. The van der Waals surface area contributed by atoms with E-state index in [1.54, 1.807) is 6.07 Å². The Morgan fingerprint density at radius 1 is 1.15 bits per heavy atom. The van der Waals surface area contributed by atoms with Crippen molar-refractivity contribution in [1.82, 2.24) is 0 Å². The molecule has 0 heterocycles. The third-order valence-corrected chi connectivity index (χ3v) is 3.25. The second kappa shape index (κ2) is 6.10. The highest BCUT2D eigenvalue weighted by Gasteiger charge is 2.15. The van der Waals surface area contributed by atoms with Crippen molar-refractivity contribution in [1.29, 1.82) is 0 Å². The molecule has 0 bridgehead atoms. The predicted octanol–water partition coefficient (Wildman–Crippen LogP) is 2.99. The predicted molar refractivity (Wildman–Crippen MR) is 81.0 cm³/mol. The molecule has 0 aliphatic carbocycles. The summed E-state index contributed by atoms with van der Waals surface area (Å²) in [5, 5.41) is 9.14. The van der Waals surface area contributed by atoms with Crippen LogP contribution in [0.3, 0.4) is 0 Å². The van der Waals surface area contributed by atoms with Crippen molar-refractivity contribution in [3.63, 3.8) is 0 Å². The lowest BCUT2D eigenvalue weighted by molar-refractivity contribution is 0.0698. The molecule has 4 heteroatoms. The van der Waals surface area contributed by atoms with Crippen molar-refractivity contribution in [3.05, 3.63) is 59.7 Å². The first-order chi connectivity index (χ1) is 9.63. The first kappa shape index (κ1) is 13.9. The van der Waals surface area contributed by atoms with E-state index in [4.69, 9.17) is 10.8 Å². The number of hydrogen-bond donors (Lipinski definition) is 2. The molecule has 2 aromatic carbocycles. The first-order valence-electron chi connectivity index (χ1n) is 6.54. The molecule has 0 radical (unpaired) electrons. The number of benzene rings is 2. The van der Waals surface area contributed by atoms with Crippen molar-refractivity contribution in [2.24, 2.45) is 0 Å². The van der Waals surface area contributed by atoms with E-state index in [1.165, 1.54) is 6.07 Å². The molecular weight excluding hydrogens is 252 g/mol. The fraction of sp³-hybridized carbons (Fsp3) is 0.188. The standard InChI is InChI=1S/C16H18N2O2/c1-2-18(11-12-7-4-3-5-8-12)14-10-6-9-13(15(14)17)16(19)20/h3-10H,2,11,17H2,1H3,(H,19,20). The van der Waals surface area contributed by atoms with Crippen LogP contribution in [0.4, 0.5) is 11.4 Å². The second-order valence-corrected chi connectivity index (χ2v) is 4.54. The molecule has 0 unspecified atom stereocenters. The van der Waals surface area contributed by atoms with Gasteiger partial charge in [-0.2, -0.15) is 0 Å². The van der Waals surface area contributed by atoms with Crippen molar-refractivity contribution >= 4 is 17.3 Å². The van der Waals surface area contributed by atoms with Gasteiger partial charge in [-0.1, -0.05) is 36.4 Å². The van der Waals surface area contributed by atoms with Gasteiger partial charge in [0.25, 0.3) is 0 Å². The number of nitrogen functional groups attached to an aromatic ring is 1. The van der Waals surface area contributed by atoms with Crippen LogP contribution in [0.5, 0.6) is 0 Å². The number of para-hydroxylation sites is 1. The van der Waals surface area contributed by atoms with Crippen LogP contribution < -0.4 is 10.6 Å². The van der Waals surface area contributed by atoms with Crippen LogP contribution in [0.1, 0.15) is 22.8 Å². The van der Waals surface area contributed by atoms with E-state index in [2.05, 4.69) is 4.90 Å². The maximum absolute atomic E-state index is 11.1. The van der Waals surface area contributed by atoms with Crippen LogP contribution in [0, 0.1) is 0 Å². The maximum atomic E-state index is 11.1. The molecule has 2 aromatic rings. The highest BCUT2D eigenvalue weighted by molar-refractivity contribution is 5.97. The Hall–Kier alpha value is -2.49. The van der Waals surface area contributed by atoms with E-state index in [0.717, 1.165) is 17.8 Å². The third kappa shape index (κ3) is 2.91. The first-order valence-corrected chi connectivity index (χ1v) is 6.54. The van der Waals surface area contributed by atoms with Crippen LogP contribution in [0.15, 0.2) is 48.5 Å². The van der Waals surface area contributed by atoms with E-state index in [1.807, 2.05) is 43.3 Å². The molecule has 0 fully saturated rings. The van der Waals surface area contributed by atoms with E-state index >= 15 is 0 Å². The minimum absolute atomic E-state index is 0.147. The average Bonchev–Trinajstić information content (AvgIpc) is 2.46. The van der Waals surface area contributed by atoms with Crippen LogP contribution in [0.25, 0.3) is 0 Å². The molecule has 0 aliphatic heterocycles. The van der Waals surface area contributed by atoms with E-state index < -0.39 is 5.97 Å². The summed E-state index contributed by atoms with van der Waals surface area (Å²) in [6.45, 7) is 3.47. The maximum Gasteiger partial charge on any atom is 0.337 e. The molecule has 20 heavy (non-hydrogen) atoms. The lowest BCUT2D eigenvalue weighted by Gasteiger charge is -2.25. The van der Waals surface area contributed by atoms with Crippen molar-refractivity contribution in [3.8, 4) is 0 Å². The SMILES string of the molecule is CCN(Cc1ccccc1)c1cccc(C(=O)O)c1N. The van der Waals surface area contributed by atoms with Gasteiger partial charge in [-0.05, 0) is 24.6 Å². The number of carbonyl (C=O) groups is 1. The normalized spacial score (nSPS) is 10.2. The second-order valence-electron chi connectivity index (χ2n) is 4.54. The van der Waals surface area contributed by atoms with Gasteiger partial charge < -0.3 is 15.7 Å². The molecule has 0 amide bonds. The number of hydrogen-bond acceptors (Lipinski definition) is 3. The van der Waals surface area contributed by atoms with Gasteiger partial charge >= 0.3 is 5.97 Å².